The van der Waals surface area contributed by atoms with Crippen molar-refractivity contribution in [2.75, 3.05) is 43.4 Å². The van der Waals surface area contributed by atoms with Crippen molar-refractivity contribution in [1.82, 2.24) is 9.80 Å². The molecule has 0 spiro atoms. The molecule has 1 saturated heterocycles. The summed E-state index contributed by atoms with van der Waals surface area (Å²) in [7, 11) is 0. The molecular formula is C20H22N4O3. The Morgan fingerprint density at radius 1 is 1.07 bits per heavy atom. The van der Waals surface area contributed by atoms with Gasteiger partial charge in [0.05, 0.1) is 18.3 Å². The molecule has 2 heterocycles. The zero-order chi connectivity index (χ0) is 18.6. The number of benzene rings is 2. The van der Waals surface area contributed by atoms with Gasteiger partial charge in [0.25, 0.3) is 0 Å². The van der Waals surface area contributed by atoms with Crippen molar-refractivity contribution in [1.29, 1.82) is 0 Å². The SMILES string of the molecule is O=C1CN2CCN(C(=O)Nc3ccccc3)C[C@@H]2COc2ccccc2N1. The molecule has 1 fully saturated rings. The number of para-hydroxylation sites is 3. The van der Waals surface area contributed by atoms with Crippen LogP contribution in [-0.2, 0) is 4.79 Å². The van der Waals surface area contributed by atoms with Crippen molar-refractivity contribution in [3.8, 4) is 5.75 Å². The number of nitrogens with one attached hydrogen (secondary N) is 2. The first kappa shape index (κ1) is 17.4. The normalized spacial score (nSPS) is 20.1. The van der Waals surface area contributed by atoms with Crippen LogP contribution in [-0.4, -0.2) is 60.6 Å². The number of piperazine rings is 1. The summed E-state index contributed by atoms with van der Waals surface area (Å²) in [5.74, 6) is 0.582. The molecule has 3 amide bonds. The van der Waals surface area contributed by atoms with Gasteiger partial charge in [0, 0.05) is 25.3 Å². The lowest BCUT2D eigenvalue weighted by atomic mass is 10.1. The smallest absolute Gasteiger partial charge is 0.321 e. The number of nitrogens with zero attached hydrogens (tertiary/aromatic N) is 2. The van der Waals surface area contributed by atoms with Gasteiger partial charge in [-0.05, 0) is 24.3 Å². The van der Waals surface area contributed by atoms with Gasteiger partial charge < -0.3 is 20.3 Å². The Bertz CT molecular complexity index is 827. The molecule has 27 heavy (non-hydrogen) atoms. The fraction of sp³-hybridized carbons (Fsp3) is 0.300. The summed E-state index contributed by atoms with van der Waals surface area (Å²) in [6.07, 6.45) is 0. The number of anilines is 2. The lowest BCUT2D eigenvalue weighted by molar-refractivity contribution is -0.118. The average molecular weight is 366 g/mol. The van der Waals surface area contributed by atoms with E-state index >= 15 is 0 Å². The maximum absolute atomic E-state index is 12.6. The number of carbonyl (C=O) groups is 2. The third-order valence-electron chi connectivity index (χ3n) is 4.86. The predicted octanol–water partition coefficient (Wildman–Crippen LogP) is 2.24. The molecule has 2 N–H and O–H groups in total. The summed E-state index contributed by atoms with van der Waals surface area (Å²) in [6, 6.07) is 16.6. The average Bonchev–Trinajstić information content (AvgIpc) is 2.75. The van der Waals surface area contributed by atoms with E-state index in [1.807, 2.05) is 54.6 Å². The Labute approximate surface area is 157 Å². The lowest BCUT2D eigenvalue weighted by Crippen LogP contribution is -2.58. The van der Waals surface area contributed by atoms with Gasteiger partial charge in [0.15, 0.2) is 0 Å². The first-order valence-electron chi connectivity index (χ1n) is 9.06. The van der Waals surface area contributed by atoms with Gasteiger partial charge in [-0.3, -0.25) is 9.69 Å². The van der Waals surface area contributed by atoms with Gasteiger partial charge in [-0.2, -0.15) is 0 Å². The molecule has 7 nitrogen and oxygen atoms in total. The number of amides is 3. The predicted molar refractivity (Wildman–Crippen MR) is 103 cm³/mol. The Balaban J connectivity index is 1.46. The van der Waals surface area contributed by atoms with Gasteiger partial charge >= 0.3 is 6.03 Å². The topological polar surface area (TPSA) is 73.9 Å². The minimum atomic E-state index is -0.134. The summed E-state index contributed by atoms with van der Waals surface area (Å²) in [4.78, 5) is 28.8. The van der Waals surface area contributed by atoms with Crippen LogP contribution in [0.3, 0.4) is 0 Å². The van der Waals surface area contributed by atoms with Gasteiger partial charge in [-0.25, -0.2) is 4.79 Å². The number of ether oxygens (including phenoxy) is 1. The van der Waals surface area contributed by atoms with Gasteiger partial charge in [0.2, 0.25) is 5.91 Å². The Morgan fingerprint density at radius 2 is 1.85 bits per heavy atom. The molecule has 2 aliphatic heterocycles. The Kier molecular flexibility index (Phi) is 4.93. The second-order valence-electron chi connectivity index (χ2n) is 6.72. The summed E-state index contributed by atoms with van der Waals surface area (Å²) < 4.78 is 5.96. The van der Waals surface area contributed by atoms with E-state index < -0.39 is 0 Å². The fourth-order valence-electron chi connectivity index (χ4n) is 3.42. The number of hydrogen-bond donors (Lipinski definition) is 2. The second-order valence-corrected chi connectivity index (χ2v) is 6.72. The van der Waals surface area contributed by atoms with Gasteiger partial charge in [0.1, 0.15) is 12.4 Å². The molecule has 0 aromatic heterocycles. The first-order chi connectivity index (χ1) is 13.2. The number of fused-ring (bicyclic) bond motifs is 2. The lowest BCUT2D eigenvalue weighted by Gasteiger charge is -2.40. The molecular weight excluding hydrogens is 344 g/mol. The molecule has 2 aliphatic rings. The molecule has 4 rings (SSSR count). The van der Waals surface area contributed by atoms with Crippen LogP contribution in [0.4, 0.5) is 16.2 Å². The number of carbonyl (C=O) groups excluding carboxylic acids is 2. The largest absolute Gasteiger partial charge is 0.490 e. The number of rotatable bonds is 1. The van der Waals surface area contributed by atoms with E-state index in [1.165, 1.54) is 0 Å². The summed E-state index contributed by atoms with van der Waals surface area (Å²) in [5, 5.41) is 5.82. The van der Waals surface area contributed by atoms with E-state index in [4.69, 9.17) is 4.74 Å². The summed E-state index contributed by atoms with van der Waals surface area (Å²) in [6.45, 7) is 2.40. The van der Waals surface area contributed by atoms with Crippen LogP contribution >= 0.6 is 0 Å². The highest BCUT2D eigenvalue weighted by atomic mass is 16.5. The Morgan fingerprint density at radius 3 is 2.70 bits per heavy atom. The summed E-state index contributed by atoms with van der Waals surface area (Å²) in [5.41, 5.74) is 1.45. The molecule has 7 heteroatoms. The highest BCUT2D eigenvalue weighted by molar-refractivity contribution is 5.94. The van der Waals surface area contributed by atoms with E-state index in [9.17, 15) is 9.59 Å². The monoisotopic (exact) mass is 366 g/mol. The molecule has 2 aromatic rings. The second kappa shape index (κ2) is 7.67. The van der Waals surface area contributed by atoms with E-state index in [0.717, 1.165) is 5.69 Å². The zero-order valence-electron chi connectivity index (χ0n) is 14.9. The maximum atomic E-state index is 12.6. The zero-order valence-corrected chi connectivity index (χ0v) is 14.9. The summed E-state index contributed by atoms with van der Waals surface area (Å²) >= 11 is 0. The third kappa shape index (κ3) is 4.03. The van der Waals surface area contributed by atoms with Gasteiger partial charge in [-0.1, -0.05) is 30.3 Å². The Hall–Kier alpha value is -3.06. The molecule has 0 saturated carbocycles. The molecule has 0 bridgehead atoms. The number of hydrogen-bond acceptors (Lipinski definition) is 4. The number of urea groups is 1. The quantitative estimate of drug-likeness (QED) is 0.812. The van der Waals surface area contributed by atoms with Crippen LogP contribution in [0.2, 0.25) is 0 Å². The molecule has 0 aliphatic carbocycles. The minimum absolute atomic E-state index is 0.0443. The van der Waals surface area contributed by atoms with Crippen LogP contribution < -0.4 is 15.4 Å². The highest BCUT2D eigenvalue weighted by Gasteiger charge is 2.32. The van der Waals surface area contributed by atoms with Crippen molar-refractivity contribution in [2.24, 2.45) is 0 Å². The van der Waals surface area contributed by atoms with Crippen molar-refractivity contribution in [3.63, 3.8) is 0 Å². The first-order valence-corrected chi connectivity index (χ1v) is 9.06. The molecule has 2 aromatic carbocycles. The van der Waals surface area contributed by atoms with Crippen LogP contribution in [0.25, 0.3) is 0 Å². The highest BCUT2D eigenvalue weighted by Crippen LogP contribution is 2.26. The maximum Gasteiger partial charge on any atom is 0.321 e. The molecule has 140 valence electrons. The van der Waals surface area contributed by atoms with E-state index in [-0.39, 0.29) is 24.5 Å². The standard InChI is InChI=1S/C20H22N4O3/c25-19-13-23-10-11-24(20(26)21-15-6-2-1-3-7-15)12-16(23)14-27-18-9-5-4-8-17(18)22-19/h1-9,16H,10-14H2,(H,21,26)(H,22,25)/t16-/m1/s1. The van der Waals surface area contributed by atoms with E-state index in [2.05, 4.69) is 15.5 Å². The molecule has 0 unspecified atom stereocenters. The van der Waals surface area contributed by atoms with Crippen molar-refractivity contribution >= 4 is 23.3 Å². The third-order valence-corrected chi connectivity index (χ3v) is 4.86. The minimum Gasteiger partial charge on any atom is -0.490 e. The van der Waals surface area contributed by atoms with Crippen molar-refractivity contribution in [3.05, 3.63) is 54.6 Å². The van der Waals surface area contributed by atoms with Crippen molar-refractivity contribution < 1.29 is 14.3 Å². The van der Waals surface area contributed by atoms with Crippen LogP contribution in [0.15, 0.2) is 54.6 Å². The van der Waals surface area contributed by atoms with Crippen LogP contribution in [0.5, 0.6) is 5.75 Å². The van der Waals surface area contributed by atoms with E-state index in [1.54, 1.807) is 4.90 Å². The van der Waals surface area contributed by atoms with E-state index in [0.29, 0.717) is 37.7 Å². The van der Waals surface area contributed by atoms with Gasteiger partial charge in [-0.15, -0.1) is 0 Å². The fourth-order valence-corrected chi connectivity index (χ4v) is 3.42. The van der Waals surface area contributed by atoms with Crippen molar-refractivity contribution in [2.45, 2.75) is 6.04 Å². The van der Waals surface area contributed by atoms with Crippen LogP contribution in [0.1, 0.15) is 0 Å². The molecule has 1 atom stereocenters. The van der Waals surface area contributed by atoms with Crippen LogP contribution in [0, 0.1) is 0 Å². The molecule has 0 radical (unpaired) electrons.